The van der Waals surface area contributed by atoms with E-state index in [-0.39, 0.29) is 5.91 Å². The number of hydrogen-bond acceptors (Lipinski definition) is 3. The van der Waals surface area contributed by atoms with Crippen molar-refractivity contribution in [1.82, 2.24) is 5.32 Å². The van der Waals surface area contributed by atoms with E-state index in [1.54, 1.807) is 0 Å². The van der Waals surface area contributed by atoms with Gasteiger partial charge in [-0.25, -0.2) is 0 Å². The van der Waals surface area contributed by atoms with Crippen molar-refractivity contribution in [3.63, 3.8) is 0 Å². The number of hydrogen-bond donors (Lipinski definition) is 1. The molecule has 4 heteroatoms. The highest BCUT2D eigenvalue weighted by molar-refractivity contribution is 5.85. The van der Waals surface area contributed by atoms with Crippen molar-refractivity contribution < 1.29 is 4.79 Å². The molecule has 1 aromatic rings. The number of rotatable bonds is 6. The van der Waals surface area contributed by atoms with Crippen molar-refractivity contribution in [1.29, 1.82) is 5.26 Å². The summed E-state index contributed by atoms with van der Waals surface area (Å²) in [5, 5.41) is 12.3. The van der Waals surface area contributed by atoms with E-state index < -0.39 is 5.41 Å². The SMILES string of the molecule is CCN(CCNC(=O)C1(C#N)CCCC1)c1cccc(C)c1. The van der Waals surface area contributed by atoms with Gasteiger partial charge in [0.2, 0.25) is 5.91 Å². The van der Waals surface area contributed by atoms with Crippen LogP contribution in [0.3, 0.4) is 0 Å². The second-order valence-corrected chi connectivity index (χ2v) is 6.08. The zero-order valence-corrected chi connectivity index (χ0v) is 13.6. The standard InChI is InChI=1S/C18H25N3O/c1-3-21(16-8-6-7-15(2)13-16)12-11-20-17(22)18(14-19)9-4-5-10-18/h6-8,13H,3-5,9-12H2,1-2H3,(H,20,22). The first kappa shape index (κ1) is 16.4. The summed E-state index contributed by atoms with van der Waals surface area (Å²) in [6, 6.07) is 10.6. The number of amides is 1. The molecule has 1 saturated carbocycles. The van der Waals surface area contributed by atoms with Crippen LogP contribution in [0.2, 0.25) is 0 Å². The third kappa shape index (κ3) is 3.59. The first-order chi connectivity index (χ1) is 10.6. The maximum absolute atomic E-state index is 12.3. The average molecular weight is 299 g/mol. The number of nitrogens with zero attached hydrogens (tertiary/aromatic N) is 2. The van der Waals surface area contributed by atoms with E-state index in [2.05, 4.69) is 54.4 Å². The molecule has 1 aliphatic rings. The summed E-state index contributed by atoms with van der Waals surface area (Å²) < 4.78 is 0. The number of carbonyl (C=O) groups excluding carboxylic acids is 1. The van der Waals surface area contributed by atoms with Gasteiger partial charge in [0.25, 0.3) is 0 Å². The summed E-state index contributed by atoms with van der Waals surface area (Å²) >= 11 is 0. The van der Waals surface area contributed by atoms with E-state index in [1.165, 1.54) is 11.3 Å². The molecule has 2 rings (SSSR count). The van der Waals surface area contributed by atoms with Gasteiger partial charge < -0.3 is 10.2 Å². The molecule has 4 nitrogen and oxygen atoms in total. The van der Waals surface area contributed by atoms with Gasteiger partial charge in [-0.1, -0.05) is 25.0 Å². The third-order valence-electron chi connectivity index (χ3n) is 4.52. The molecule has 1 N–H and O–H groups in total. The number of aryl methyl sites for hydroxylation is 1. The van der Waals surface area contributed by atoms with Crippen molar-refractivity contribution in [3.05, 3.63) is 29.8 Å². The van der Waals surface area contributed by atoms with Gasteiger partial charge >= 0.3 is 0 Å². The van der Waals surface area contributed by atoms with Crippen molar-refractivity contribution in [2.24, 2.45) is 5.41 Å². The average Bonchev–Trinajstić information content (AvgIpc) is 3.01. The monoisotopic (exact) mass is 299 g/mol. The van der Waals surface area contributed by atoms with Crippen molar-refractivity contribution >= 4 is 11.6 Å². The van der Waals surface area contributed by atoms with E-state index in [9.17, 15) is 10.1 Å². The summed E-state index contributed by atoms with van der Waals surface area (Å²) in [7, 11) is 0. The summed E-state index contributed by atoms with van der Waals surface area (Å²) in [5.74, 6) is -0.0900. The van der Waals surface area contributed by atoms with Crippen LogP contribution in [-0.4, -0.2) is 25.5 Å². The smallest absolute Gasteiger partial charge is 0.240 e. The minimum Gasteiger partial charge on any atom is -0.370 e. The largest absolute Gasteiger partial charge is 0.370 e. The zero-order chi connectivity index (χ0) is 16.0. The maximum atomic E-state index is 12.3. The van der Waals surface area contributed by atoms with Crippen LogP contribution < -0.4 is 10.2 Å². The summed E-state index contributed by atoms with van der Waals surface area (Å²) in [4.78, 5) is 14.5. The van der Waals surface area contributed by atoms with Crippen molar-refractivity contribution in [2.45, 2.75) is 39.5 Å². The third-order valence-corrected chi connectivity index (χ3v) is 4.52. The Morgan fingerprint density at radius 1 is 1.41 bits per heavy atom. The highest BCUT2D eigenvalue weighted by Crippen LogP contribution is 2.37. The lowest BCUT2D eigenvalue weighted by atomic mass is 9.87. The van der Waals surface area contributed by atoms with Crippen LogP contribution in [0.5, 0.6) is 0 Å². The molecule has 118 valence electrons. The molecule has 1 aromatic carbocycles. The molecule has 0 unspecified atom stereocenters. The molecule has 0 heterocycles. The lowest BCUT2D eigenvalue weighted by molar-refractivity contribution is -0.127. The number of carbonyl (C=O) groups is 1. The normalized spacial score (nSPS) is 16.0. The molecule has 0 aromatic heterocycles. The van der Waals surface area contributed by atoms with Crippen LogP contribution in [0.1, 0.15) is 38.2 Å². The van der Waals surface area contributed by atoms with Crippen LogP contribution in [0, 0.1) is 23.7 Å². The van der Waals surface area contributed by atoms with Gasteiger partial charge in [0.15, 0.2) is 0 Å². The Hall–Kier alpha value is -2.02. The zero-order valence-electron chi connectivity index (χ0n) is 13.6. The first-order valence-electron chi connectivity index (χ1n) is 8.12. The molecule has 0 radical (unpaired) electrons. The fourth-order valence-corrected chi connectivity index (χ4v) is 3.14. The molecule has 0 aliphatic heterocycles. The Morgan fingerprint density at radius 2 is 2.14 bits per heavy atom. The van der Waals surface area contributed by atoms with E-state index >= 15 is 0 Å². The predicted molar refractivity (Wildman–Crippen MR) is 88.6 cm³/mol. The van der Waals surface area contributed by atoms with Crippen LogP contribution in [0.15, 0.2) is 24.3 Å². The van der Waals surface area contributed by atoms with Gasteiger partial charge in [-0.15, -0.1) is 0 Å². The number of anilines is 1. The fourth-order valence-electron chi connectivity index (χ4n) is 3.14. The second kappa shape index (κ2) is 7.31. The van der Waals surface area contributed by atoms with Gasteiger partial charge in [0.05, 0.1) is 6.07 Å². The lowest BCUT2D eigenvalue weighted by Crippen LogP contribution is -2.42. The molecule has 1 aliphatic carbocycles. The van der Waals surface area contributed by atoms with Crippen molar-refractivity contribution in [2.75, 3.05) is 24.5 Å². The number of nitrogens with one attached hydrogen (secondary N) is 1. The molecular weight excluding hydrogens is 274 g/mol. The Balaban J connectivity index is 1.89. The van der Waals surface area contributed by atoms with Gasteiger partial charge in [0, 0.05) is 25.3 Å². The Kier molecular flexibility index (Phi) is 5.43. The van der Waals surface area contributed by atoms with E-state index in [4.69, 9.17) is 0 Å². The molecule has 0 bridgehead atoms. The predicted octanol–water partition coefficient (Wildman–Crippen LogP) is 3.02. The number of nitriles is 1. The van der Waals surface area contributed by atoms with Crippen LogP contribution in [-0.2, 0) is 4.79 Å². The Morgan fingerprint density at radius 3 is 2.73 bits per heavy atom. The van der Waals surface area contributed by atoms with E-state index in [0.29, 0.717) is 19.4 Å². The minimum atomic E-state index is -0.777. The number of benzene rings is 1. The highest BCUT2D eigenvalue weighted by atomic mass is 16.2. The van der Waals surface area contributed by atoms with Gasteiger partial charge in [-0.2, -0.15) is 5.26 Å². The quantitative estimate of drug-likeness (QED) is 0.878. The van der Waals surface area contributed by atoms with E-state index in [1.807, 2.05) is 0 Å². The molecule has 0 atom stereocenters. The first-order valence-corrected chi connectivity index (χ1v) is 8.12. The highest BCUT2D eigenvalue weighted by Gasteiger charge is 2.41. The number of likely N-dealkylation sites (N-methyl/N-ethyl adjacent to an activating group) is 1. The maximum Gasteiger partial charge on any atom is 0.240 e. The van der Waals surface area contributed by atoms with Gasteiger partial charge in [-0.3, -0.25) is 4.79 Å². The van der Waals surface area contributed by atoms with Crippen LogP contribution in [0.25, 0.3) is 0 Å². The summed E-state index contributed by atoms with van der Waals surface area (Å²) in [5.41, 5.74) is 1.63. The van der Waals surface area contributed by atoms with Crippen LogP contribution in [0.4, 0.5) is 5.69 Å². The molecule has 0 spiro atoms. The lowest BCUT2D eigenvalue weighted by Gasteiger charge is -2.25. The molecular formula is C18H25N3O. The fraction of sp³-hybridized carbons (Fsp3) is 0.556. The summed E-state index contributed by atoms with van der Waals surface area (Å²) in [6.45, 7) is 6.41. The molecule has 1 fully saturated rings. The van der Waals surface area contributed by atoms with Crippen molar-refractivity contribution in [3.8, 4) is 6.07 Å². The topological polar surface area (TPSA) is 56.1 Å². The second-order valence-electron chi connectivity index (χ2n) is 6.08. The molecule has 22 heavy (non-hydrogen) atoms. The van der Waals surface area contributed by atoms with Crippen LogP contribution >= 0.6 is 0 Å². The van der Waals surface area contributed by atoms with E-state index in [0.717, 1.165) is 25.9 Å². The molecule has 1 amide bonds. The molecule has 0 saturated heterocycles. The van der Waals surface area contributed by atoms with Gasteiger partial charge in [-0.05, 0) is 44.4 Å². The minimum absolute atomic E-state index is 0.0900. The summed E-state index contributed by atoms with van der Waals surface area (Å²) in [6.07, 6.45) is 3.35. The Labute approximate surface area is 133 Å². The van der Waals surface area contributed by atoms with Gasteiger partial charge in [0.1, 0.15) is 5.41 Å². The Bertz CT molecular complexity index is 556.